The van der Waals surface area contributed by atoms with E-state index >= 15 is 0 Å². The summed E-state index contributed by atoms with van der Waals surface area (Å²) in [5.74, 6) is 0.343. The average molecular weight is 313 g/mol. The van der Waals surface area contributed by atoms with E-state index in [1.807, 2.05) is 13.8 Å². The van der Waals surface area contributed by atoms with E-state index in [2.05, 4.69) is 15.5 Å². The normalized spacial score (nSPS) is 17.6. The van der Waals surface area contributed by atoms with Crippen molar-refractivity contribution in [2.75, 3.05) is 5.75 Å². The molecule has 21 heavy (non-hydrogen) atoms. The number of carbonyl (C=O) groups excluding carboxylic acids is 1. The van der Waals surface area contributed by atoms with Crippen LogP contribution in [0.1, 0.15) is 39.5 Å². The summed E-state index contributed by atoms with van der Waals surface area (Å²) in [5, 5.41) is 10.5. The number of rotatable bonds is 9. The van der Waals surface area contributed by atoms with Gasteiger partial charge in [0.2, 0.25) is 5.91 Å². The van der Waals surface area contributed by atoms with Crippen molar-refractivity contribution in [2.45, 2.75) is 62.8 Å². The molecule has 1 aliphatic carbocycles. The van der Waals surface area contributed by atoms with Gasteiger partial charge < -0.3 is 11.1 Å². The summed E-state index contributed by atoms with van der Waals surface area (Å²) in [7, 11) is 0. The molecule has 0 saturated heterocycles. The lowest BCUT2D eigenvalue weighted by Crippen LogP contribution is -2.54. The van der Waals surface area contributed by atoms with Gasteiger partial charge in [0.1, 0.15) is 0 Å². The first-order valence-corrected chi connectivity index (χ1v) is 8.30. The van der Waals surface area contributed by atoms with Crippen molar-refractivity contribution in [3.63, 3.8) is 0 Å². The number of aromatic amines is 1. The number of nitrogens with one attached hydrogen (secondary N) is 2. The molecule has 0 aliphatic heterocycles. The number of primary amides is 1. The van der Waals surface area contributed by atoms with Crippen LogP contribution in [0.15, 0.2) is 9.95 Å². The standard InChI is InChI=1S/C13H23N5O2S/c1-3-7-18-11(20)16-17-12(18)21-8-6-13(2,10(14)19)15-9-4-5-9/h9,15H,3-8H2,1-2H3,(H2,14,19)(H,16,20). The van der Waals surface area contributed by atoms with Crippen LogP contribution < -0.4 is 16.7 Å². The van der Waals surface area contributed by atoms with Crippen LogP contribution in [0.3, 0.4) is 0 Å². The summed E-state index contributed by atoms with van der Waals surface area (Å²) in [5.41, 5.74) is 4.64. The molecular formula is C13H23N5O2S. The zero-order valence-corrected chi connectivity index (χ0v) is 13.3. The third-order valence-electron chi connectivity index (χ3n) is 3.65. The molecule has 0 radical (unpaired) electrons. The number of hydrogen-bond donors (Lipinski definition) is 3. The Bertz CT molecular complexity index is 551. The fourth-order valence-electron chi connectivity index (χ4n) is 2.13. The van der Waals surface area contributed by atoms with Gasteiger partial charge >= 0.3 is 5.69 Å². The molecule has 1 fully saturated rings. The number of carbonyl (C=O) groups is 1. The van der Waals surface area contributed by atoms with Crippen molar-refractivity contribution in [3.05, 3.63) is 10.5 Å². The molecule has 1 amide bonds. The second kappa shape index (κ2) is 6.65. The largest absolute Gasteiger partial charge is 0.368 e. The minimum absolute atomic E-state index is 0.187. The van der Waals surface area contributed by atoms with E-state index in [1.165, 1.54) is 11.8 Å². The Kier molecular flexibility index (Phi) is 5.10. The van der Waals surface area contributed by atoms with Gasteiger partial charge in [-0.1, -0.05) is 18.7 Å². The molecule has 1 aromatic heterocycles. The highest BCUT2D eigenvalue weighted by Gasteiger charge is 2.36. The highest BCUT2D eigenvalue weighted by Crippen LogP contribution is 2.26. The number of thioether (sulfide) groups is 1. The van der Waals surface area contributed by atoms with E-state index in [0.717, 1.165) is 19.3 Å². The molecule has 8 heteroatoms. The first-order chi connectivity index (χ1) is 9.96. The third-order valence-corrected chi connectivity index (χ3v) is 4.63. The first-order valence-electron chi connectivity index (χ1n) is 7.32. The number of amides is 1. The van der Waals surface area contributed by atoms with Crippen LogP contribution in [0.25, 0.3) is 0 Å². The van der Waals surface area contributed by atoms with Gasteiger partial charge in [-0.25, -0.2) is 9.89 Å². The monoisotopic (exact) mass is 313 g/mol. The maximum Gasteiger partial charge on any atom is 0.343 e. The lowest BCUT2D eigenvalue weighted by molar-refractivity contribution is -0.124. The maximum absolute atomic E-state index is 11.7. The SMILES string of the molecule is CCCn1c(SCCC(C)(NC2CC2)C(N)=O)n[nH]c1=O. The lowest BCUT2D eigenvalue weighted by Gasteiger charge is -2.27. The van der Waals surface area contributed by atoms with Gasteiger partial charge in [-0.05, 0) is 32.6 Å². The molecule has 118 valence electrons. The van der Waals surface area contributed by atoms with E-state index in [4.69, 9.17) is 5.73 Å². The molecule has 1 aromatic rings. The van der Waals surface area contributed by atoms with Gasteiger partial charge in [0.25, 0.3) is 0 Å². The lowest BCUT2D eigenvalue weighted by atomic mass is 9.98. The Morgan fingerprint density at radius 2 is 2.33 bits per heavy atom. The molecule has 1 aliphatic rings. The Balaban J connectivity index is 1.93. The minimum Gasteiger partial charge on any atom is -0.368 e. The first kappa shape index (κ1) is 16.1. The molecule has 1 saturated carbocycles. The van der Waals surface area contributed by atoms with Crippen LogP contribution >= 0.6 is 11.8 Å². The van der Waals surface area contributed by atoms with Crippen molar-refractivity contribution in [1.82, 2.24) is 20.1 Å². The Labute approximate surface area is 128 Å². The Morgan fingerprint density at radius 3 is 2.90 bits per heavy atom. The molecule has 1 unspecified atom stereocenters. The van der Waals surface area contributed by atoms with Crippen LogP contribution in [0.2, 0.25) is 0 Å². The number of aromatic nitrogens is 3. The average Bonchev–Trinajstić information content (AvgIpc) is 3.17. The van der Waals surface area contributed by atoms with Crippen LogP contribution in [0.5, 0.6) is 0 Å². The number of H-pyrrole nitrogens is 1. The smallest absolute Gasteiger partial charge is 0.343 e. The molecule has 1 atom stereocenters. The highest BCUT2D eigenvalue weighted by atomic mass is 32.2. The van der Waals surface area contributed by atoms with Crippen LogP contribution in [-0.4, -0.2) is 38.0 Å². The van der Waals surface area contributed by atoms with E-state index in [-0.39, 0.29) is 11.6 Å². The fraction of sp³-hybridized carbons (Fsp3) is 0.769. The molecular weight excluding hydrogens is 290 g/mol. The summed E-state index contributed by atoms with van der Waals surface area (Å²) in [6.07, 6.45) is 3.68. The molecule has 0 spiro atoms. The van der Waals surface area contributed by atoms with Gasteiger partial charge in [0.15, 0.2) is 5.16 Å². The zero-order valence-electron chi connectivity index (χ0n) is 12.5. The fourth-order valence-corrected chi connectivity index (χ4v) is 3.26. The Morgan fingerprint density at radius 1 is 1.62 bits per heavy atom. The molecule has 1 heterocycles. The topological polar surface area (TPSA) is 106 Å². The molecule has 0 bridgehead atoms. The Hall–Kier alpha value is -1.28. The van der Waals surface area contributed by atoms with Gasteiger partial charge in [0.05, 0.1) is 5.54 Å². The second-order valence-corrected chi connectivity index (χ2v) is 6.74. The predicted octanol–water partition coefficient (Wildman–Crippen LogP) is 0.460. The van der Waals surface area contributed by atoms with Gasteiger partial charge in [-0.3, -0.25) is 9.36 Å². The maximum atomic E-state index is 11.7. The zero-order chi connectivity index (χ0) is 15.5. The van der Waals surface area contributed by atoms with Crippen LogP contribution in [0, 0.1) is 0 Å². The highest BCUT2D eigenvalue weighted by molar-refractivity contribution is 7.99. The summed E-state index contributed by atoms with van der Waals surface area (Å²) in [6, 6.07) is 0.413. The van der Waals surface area contributed by atoms with Gasteiger partial charge in [0, 0.05) is 18.3 Å². The quantitative estimate of drug-likeness (QED) is 0.574. The van der Waals surface area contributed by atoms with Crippen molar-refractivity contribution >= 4 is 17.7 Å². The molecule has 4 N–H and O–H groups in total. The predicted molar refractivity (Wildman–Crippen MR) is 82.2 cm³/mol. The third kappa shape index (κ3) is 4.10. The second-order valence-electron chi connectivity index (χ2n) is 5.68. The minimum atomic E-state index is -0.694. The van der Waals surface area contributed by atoms with Crippen LogP contribution in [0.4, 0.5) is 0 Å². The van der Waals surface area contributed by atoms with Gasteiger partial charge in [-0.15, -0.1) is 5.10 Å². The van der Waals surface area contributed by atoms with Crippen molar-refractivity contribution in [3.8, 4) is 0 Å². The van der Waals surface area contributed by atoms with Crippen molar-refractivity contribution < 1.29 is 4.79 Å². The van der Waals surface area contributed by atoms with Crippen molar-refractivity contribution in [2.24, 2.45) is 5.73 Å². The summed E-state index contributed by atoms with van der Waals surface area (Å²) >= 11 is 1.47. The van der Waals surface area contributed by atoms with E-state index in [9.17, 15) is 9.59 Å². The van der Waals surface area contributed by atoms with Gasteiger partial charge in [-0.2, -0.15) is 0 Å². The summed E-state index contributed by atoms with van der Waals surface area (Å²) in [4.78, 5) is 23.3. The molecule has 2 rings (SSSR count). The molecule has 7 nitrogen and oxygen atoms in total. The van der Waals surface area contributed by atoms with Crippen LogP contribution in [-0.2, 0) is 11.3 Å². The summed E-state index contributed by atoms with van der Waals surface area (Å²) < 4.78 is 1.63. The number of nitrogens with two attached hydrogens (primary N) is 1. The summed E-state index contributed by atoms with van der Waals surface area (Å²) in [6.45, 7) is 4.50. The number of hydrogen-bond acceptors (Lipinski definition) is 5. The van der Waals surface area contributed by atoms with E-state index in [0.29, 0.717) is 29.9 Å². The van der Waals surface area contributed by atoms with E-state index < -0.39 is 5.54 Å². The number of nitrogens with zero attached hydrogens (tertiary/aromatic N) is 2. The van der Waals surface area contributed by atoms with Crippen molar-refractivity contribution in [1.29, 1.82) is 0 Å². The van der Waals surface area contributed by atoms with E-state index in [1.54, 1.807) is 4.57 Å². The molecule has 0 aromatic carbocycles.